The highest BCUT2D eigenvalue weighted by Gasteiger charge is 2.51. The molecule has 2 atom stereocenters. The molecule has 1 N–H and O–H groups in total. The standard InChI is InChI=1S/C29H35F2N5O2/c1-28(2,3)21-11-13-23(14-12-21)36(27(38)24-16-29(30,31)18-35(24)19-32)25(20-8-7-15-33-17-20)26(37)34-22-9-5-4-6-10-22/h7-8,11-15,17,22,24-25H,4-6,9-10,16,18H2,1-3H3,(H,34,37)/t24-,25?/m1/s1. The molecule has 0 bridgehead atoms. The number of alkyl halides is 2. The van der Waals surface area contributed by atoms with Crippen molar-refractivity contribution in [2.24, 2.45) is 0 Å². The van der Waals surface area contributed by atoms with Gasteiger partial charge in [0.2, 0.25) is 5.91 Å². The third-order valence-corrected chi connectivity index (χ3v) is 7.39. The Labute approximate surface area is 222 Å². The number of aromatic nitrogens is 1. The minimum Gasteiger partial charge on any atom is -0.351 e. The Morgan fingerprint density at radius 2 is 1.84 bits per heavy atom. The van der Waals surface area contributed by atoms with Crippen LogP contribution in [0, 0.1) is 11.5 Å². The maximum absolute atomic E-state index is 14.4. The zero-order chi connectivity index (χ0) is 27.5. The lowest BCUT2D eigenvalue weighted by molar-refractivity contribution is -0.128. The van der Waals surface area contributed by atoms with Crippen molar-refractivity contribution in [1.29, 1.82) is 5.26 Å². The van der Waals surface area contributed by atoms with Crippen molar-refractivity contribution < 1.29 is 18.4 Å². The van der Waals surface area contributed by atoms with Crippen molar-refractivity contribution in [2.45, 2.75) is 88.8 Å². The molecule has 1 aromatic heterocycles. The van der Waals surface area contributed by atoms with Crippen molar-refractivity contribution in [3.63, 3.8) is 0 Å². The van der Waals surface area contributed by atoms with E-state index < -0.39 is 42.8 Å². The first kappa shape index (κ1) is 27.5. The summed E-state index contributed by atoms with van der Waals surface area (Å²) < 4.78 is 28.8. The second-order valence-electron chi connectivity index (χ2n) is 11.3. The fourth-order valence-electron chi connectivity index (χ4n) is 5.31. The summed E-state index contributed by atoms with van der Waals surface area (Å²) in [6, 6.07) is 8.04. The van der Waals surface area contributed by atoms with E-state index in [-0.39, 0.29) is 11.5 Å². The smallest absolute Gasteiger partial charge is 0.268 e. The van der Waals surface area contributed by atoms with Crippen molar-refractivity contribution in [3.8, 4) is 6.19 Å². The number of amides is 2. The van der Waals surface area contributed by atoms with Crippen LogP contribution in [0.1, 0.15) is 76.5 Å². The van der Waals surface area contributed by atoms with Gasteiger partial charge in [-0.25, -0.2) is 8.78 Å². The molecule has 1 aliphatic heterocycles. The number of hydrogen-bond donors (Lipinski definition) is 1. The predicted molar refractivity (Wildman–Crippen MR) is 140 cm³/mol. The zero-order valence-electron chi connectivity index (χ0n) is 22.2. The fourth-order valence-corrected chi connectivity index (χ4v) is 5.31. The molecular formula is C29H35F2N5O2. The minimum atomic E-state index is -3.19. The highest BCUT2D eigenvalue weighted by Crippen LogP contribution is 2.37. The zero-order valence-corrected chi connectivity index (χ0v) is 22.2. The molecule has 2 aromatic rings. The molecule has 7 nitrogen and oxygen atoms in total. The molecule has 1 aromatic carbocycles. The monoisotopic (exact) mass is 523 g/mol. The van der Waals surface area contributed by atoms with E-state index in [1.807, 2.05) is 12.1 Å². The quantitative estimate of drug-likeness (QED) is 0.533. The molecule has 9 heteroatoms. The van der Waals surface area contributed by atoms with Gasteiger partial charge in [0.25, 0.3) is 11.8 Å². The number of rotatable bonds is 6. The number of halogens is 2. The predicted octanol–water partition coefficient (Wildman–Crippen LogP) is 5.09. The number of hydrogen-bond acceptors (Lipinski definition) is 5. The van der Waals surface area contributed by atoms with E-state index in [2.05, 4.69) is 31.1 Å². The van der Waals surface area contributed by atoms with E-state index in [0.717, 1.165) is 42.6 Å². The van der Waals surface area contributed by atoms with Crippen molar-refractivity contribution in [2.75, 3.05) is 11.4 Å². The normalized spacial score (nSPS) is 20.4. The van der Waals surface area contributed by atoms with Gasteiger partial charge in [0.1, 0.15) is 12.1 Å². The van der Waals surface area contributed by atoms with Gasteiger partial charge in [0.15, 0.2) is 6.19 Å². The molecule has 0 spiro atoms. The topological polar surface area (TPSA) is 89.3 Å². The van der Waals surface area contributed by atoms with Crippen LogP contribution < -0.4 is 10.2 Å². The van der Waals surface area contributed by atoms with Gasteiger partial charge in [-0.2, -0.15) is 5.26 Å². The van der Waals surface area contributed by atoms with E-state index >= 15 is 0 Å². The molecule has 38 heavy (non-hydrogen) atoms. The summed E-state index contributed by atoms with van der Waals surface area (Å²) in [6.07, 6.45) is 8.86. The molecule has 2 amide bonds. The van der Waals surface area contributed by atoms with E-state index in [0.29, 0.717) is 11.3 Å². The van der Waals surface area contributed by atoms with Gasteiger partial charge >= 0.3 is 0 Å². The van der Waals surface area contributed by atoms with E-state index in [4.69, 9.17) is 0 Å². The van der Waals surface area contributed by atoms with Gasteiger partial charge < -0.3 is 5.32 Å². The summed E-state index contributed by atoms with van der Waals surface area (Å²) >= 11 is 0. The van der Waals surface area contributed by atoms with Gasteiger partial charge in [-0.15, -0.1) is 0 Å². The minimum absolute atomic E-state index is 0.0259. The Bertz CT molecular complexity index is 1170. The lowest BCUT2D eigenvalue weighted by atomic mass is 9.87. The van der Waals surface area contributed by atoms with Gasteiger partial charge in [0.05, 0.1) is 6.54 Å². The fraction of sp³-hybridized carbons (Fsp3) is 0.517. The Morgan fingerprint density at radius 3 is 2.42 bits per heavy atom. The van der Waals surface area contributed by atoms with Crippen LogP contribution in [0.15, 0.2) is 48.8 Å². The highest BCUT2D eigenvalue weighted by molar-refractivity contribution is 6.04. The number of carbonyl (C=O) groups is 2. The molecule has 1 saturated heterocycles. The number of nitrogens with one attached hydrogen (secondary N) is 1. The molecule has 0 radical (unpaired) electrons. The van der Waals surface area contributed by atoms with Crippen LogP contribution in [0.2, 0.25) is 0 Å². The first-order chi connectivity index (χ1) is 18.0. The van der Waals surface area contributed by atoms with E-state index in [9.17, 15) is 23.6 Å². The first-order valence-corrected chi connectivity index (χ1v) is 13.2. The van der Waals surface area contributed by atoms with Crippen LogP contribution in [-0.4, -0.2) is 46.2 Å². The SMILES string of the molecule is CC(C)(C)c1ccc(N(C(=O)[C@H]2CC(F)(F)CN2C#N)C(C(=O)NC2CCCCC2)c2cccnc2)cc1. The van der Waals surface area contributed by atoms with Gasteiger partial charge in [-0.05, 0) is 42.0 Å². The van der Waals surface area contributed by atoms with Crippen LogP contribution in [0.25, 0.3) is 0 Å². The van der Waals surface area contributed by atoms with Crippen LogP contribution >= 0.6 is 0 Å². The summed E-state index contributed by atoms with van der Waals surface area (Å²) in [5, 5.41) is 12.7. The van der Waals surface area contributed by atoms with E-state index in [1.54, 1.807) is 36.7 Å². The molecule has 2 aliphatic rings. The van der Waals surface area contributed by atoms with Crippen molar-refractivity contribution in [1.82, 2.24) is 15.2 Å². The largest absolute Gasteiger partial charge is 0.351 e. The summed E-state index contributed by atoms with van der Waals surface area (Å²) in [5.41, 5.74) is 1.72. The summed E-state index contributed by atoms with van der Waals surface area (Å²) in [6.45, 7) is 5.35. The van der Waals surface area contributed by atoms with Crippen LogP contribution in [0.4, 0.5) is 14.5 Å². The molecule has 1 saturated carbocycles. The van der Waals surface area contributed by atoms with Gasteiger partial charge in [-0.3, -0.25) is 24.4 Å². The molecular weight excluding hydrogens is 488 g/mol. The lowest BCUT2D eigenvalue weighted by Gasteiger charge is -2.35. The Morgan fingerprint density at radius 1 is 1.16 bits per heavy atom. The molecule has 202 valence electrons. The maximum Gasteiger partial charge on any atom is 0.268 e. The summed E-state index contributed by atoms with van der Waals surface area (Å²) in [7, 11) is 0. The Balaban J connectivity index is 1.80. The first-order valence-electron chi connectivity index (χ1n) is 13.2. The molecule has 1 unspecified atom stereocenters. The van der Waals surface area contributed by atoms with E-state index in [1.165, 1.54) is 11.1 Å². The molecule has 2 heterocycles. The average Bonchev–Trinajstić information content (AvgIpc) is 3.22. The summed E-state index contributed by atoms with van der Waals surface area (Å²) in [5.74, 6) is -4.31. The second-order valence-corrected chi connectivity index (χ2v) is 11.3. The highest BCUT2D eigenvalue weighted by atomic mass is 19.3. The number of nitriles is 1. The molecule has 4 rings (SSSR count). The second kappa shape index (κ2) is 11.1. The number of nitrogens with zero attached hydrogens (tertiary/aromatic N) is 4. The van der Waals surface area contributed by atoms with Crippen molar-refractivity contribution in [3.05, 3.63) is 59.9 Å². The molecule has 1 aliphatic carbocycles. The third kappa shape index (κ3) is 6.12. The van der Waals surface area contributed by atoms with Crippen LogP contribution in [0.5, 0.6) is 0 Å². The molecule has 2 fully saturated rings. The maximum atomic E-state index is 14.4. The number of benzene rings is 1. The average molecular weight is 524 g/mol. The number of anilines is 1. The van der Waals surface area contributed by atoms with Gasteiger partial charge in [0, 0.05) is 36.1 Å². The number of pyridine rings is 1. The third-order valence-electron chi connectivity index (χ3n) is 7.39. The van der Waals surface area contributed by atoms with Crippen LogP contribution in [-0.2, 0) is 15.0 Å². The summed E-state index contributed by atoms with van der Waals surface area (Å²) in [4.78, 5) is 34.2. The lowest BCUT2D eigenvalue weighted by Crippen LogP contribution is -2.51. The number of carbonyl (C=O) groups excluding carboxylic acids is 2. The number of likely N-dealkylation sites (tertiary alicyclic amines) is 1. The van der Waals surface area contributed by atoms with Gasteiger partial charge in [-0.1, -0.05) is 58.2 Å². The Hall–Kier alpha value is -3.54. The Kier molecular flexibility index (Phi) is 8.00. The van der Waals surface area contributed by atoms with Crippen molar-refractivity contribution >= 4 is 17.5 Å². The van der Waals surface area contributed by atoms with Crippen LogP contribution in [0.3, 0.4) is 0 Å².